The smallest absolute Gasteiger partial charge is 0.316 e. The van der Waals surface area contributed by atoms with E-state index in [-0.39, 0.29) is 25.0 Å². The summed E-state index contributed by atoms with van der Waals surface area (Å²) in [5, 5.41) is 44.5. The number of cyclic esters (lactones) is 1. The Morgan fingerprint density at radius 1 is 1.02 bits per heavy atom. The highest BCUT2D eigenvalue weighted by Gasteiger charge is 2.51. The summed E-state index contributed by atoms with van der Waals surface area (Å²) in [6.45, 7) is 15.7. The standard InChI is InChI=1S/C39H63N3O9/c1-13-28(27-18-16-15-17-19-27)40-41-31-22(3)21-38(8,48-12)35(51-37-33(44)29(42(10)11)20-23(4)49-37)25(6)32(43)26(7)36(46)50-30(14-2)39(9,47)34(45)24(31)5/h15-19,22-26,29-30,33-35,37,44-45,47H,13-14,20-21H2,1-12H3. The zero-order valence-corrected chi connectivity index (χ0v) is 32.7. The lowest BCUT2D eigenvalue weighted by atomic mass is 9.74. The van der Waals surface area contributed by atoms with E-state index in [2.05, 4.69) is 5.10 Å². The van der Waals surface area contributed by atoms with Crippen LogP contribution in [-0.2, 0) is 28.5 Å². The molecule has 13 atom stereocenters. The summed E-state index contributed by atoms with van der Waals surface area (Å²) in [6.07, 6.45) is -4.34. The van der Waals surface area contributed by atoms with E-state index in [9.17, 15) is 24.9 Å². The van der Waals surface area contributed by atoms with Crippen LogP contribution >= 0.6 is 0 Å². The molecule has 3 N–H and O–H groups in total. The zero-order chi connectivity index (χ0) is 38.4. The predicted octanol–water partition coefficient (Wildman–Crippen LogP) is 4.41. The number of hydrogen-bond donors (Lipinski definition) is 3. The number of aliphatic hydroxyl groups excluding tert-OH is 2. The van der Waals surface area contributed by atoms with Gasteiger partial charge in [0.25, 0.3) is 0 Å². The van der Waals surface area contributed by atoms with Gasteiger partial charge in [-0.25, -0.2) is 0 Å². The highest BCUT2D eigenvalue weighted by molar-refractivity contribution is 6.01. The second-order valence-corrected chi connectivity index (χ2v) is 15.2. The van der Waals surface area contributed by atoms with Gasteiger partial charge in [0, 0.05) is 30.7 Å². The Morgan fingerprint density at radius 2 is 1.65 bits per heavy atom. The van der Waals surface area contributed by atoms with Crippen LogP contribution in [0.2, 0.25) is 0 Å². The van der Waals surface area contributed by atoms with Crippen molar-refractivity contribution in [3.05, 3.63) is 35.9 Å². The molecule has 51 heavy (non-hydrogen) atoms. The maximum absolute atomic E-state index is 14.2. The molecule has 3 rings (SSSR count). The van der Waals surface area contributed by atoms with Crippen molar-refractivity contribution in [2.45, 2.75) is 142 Å². The highest BCUT2D eigenvalue weighted by atomic mass is 16.7. The van der Waals surface area contributed by atoms with Crippen molar-refractivity contribution in [3.8, 4) is 0 Å². The number of rotatable bonds is 8. The first-order chi connectivity index (χ1) is 23.8. The van der Waals surface area contributed by atoms with Crippen molar-refractivity contribution in [1.29, 1.82) is 0 Å². The molecule has 12 nitrogen and oxygen atoms in total. The molecule has 0 bridgehead atoms. The Bertz CT molecular complexity index is 1370. The van der Waals surface area contributed by atoms with Gasteiger partial charge in [-0.2, -0.15) is 10.2 Å². The van der Waals surface area contributed by atoms with Gasteiger partial charge in [0.15, 0.2) is 12.1 Å². The normalized spacial score (nSPS) is 40.3. The lowest BCUT2D eigenvalue weighted by molar-refractivity contribution is -0.295. The van der Waals surface area contributed by atoms with Crippen molar-refractivity contribution in [3.63, 3.8) is 0 Å². The lowest BCUT2D eigenvalue weighted by Crippen LogP contribution is -2.60. The Labute approximate surface area is 304 Å². The van der Waals surface area contributed by atoms with Gasteiger partial charge in [-0.3, -0.25) is 9.59 Å². The average molecular weight is 718 g/mol. The van der Waals surface area contributed by atoms with Crippen LogP contribution in [0.25, 0.3) is 0 Å². The van der Waals surface area contributed by atoms with Crippen LogP contribution in [0.4, 0.5) is 0 Å². The first kappa shape index (κ1) is 42.8. The first-order valence-corrected chi connectivity index (χ1v) is 18.4. The van der Waals surface area contributed by atoms with E-state index in [0.29, 0.717) is 18.6 Å². The van der Waals surface area contributed by atoms with Gasteiger partial charge in [-0.05, 0) is 79.0 Å². The predicted molar refractivity (Wildman–Crippen MR) is 197 cm³/mol. The molecule has 2 aliphatic heterocycles. The van der Waals surface area contributed by atoms with Crippen molar-refractivity contribution in [2.75, 3.05) is 21.2 Å². The SMILES string of the molecule is CCC(=NN=C1C(C)CC(C)(OC)C(OC2OC(C)CC(N(C)C)C2O)C(C)C(=O)C(C)C(=O)OC(CC)C(C)(O)C(O)C1C)c1ccccc1. The minimum Gasteiger partial charge on any atom is -0.459 e. The molecule has 13 unspecified atom stereocenters. The summed E-state index contributed by atoms with van der Waals surface area (Å²) in [5.74, 6) is -4.63. The Morgan fingerprint density at radius 3 is 2.20 bits per heavy atom. The van der Waals surface area contributed by atoms with Crippen LogP contribution < -0.4 is 0 Å². The quantitative estimate of drug-likeness (QED) is 0.152. The van der Waals surface area contributed by atoms with Gasteiger partial charge in [0.2, 0.25) is 0 Å². The maximum atomic E-state index is 14.2. The van der Waals surface area contributed by atoms with Gasteiger partial charge >= 0.3 is 5.97 Å². The molecule has 288 valence electrons. The molecule has 1 aromatic rings. The monoisotopic (exact) mass is 717 g/mol. The van der Waals surface area contributed by atoms with Crippen LogP contribution in [-0.4, -0.2) is 119 Å². The summed E-state index contributed by atoms with van der Waals surface area (Å²) in [5.41, 5.74) is -0.989. The zero-order valence-electron chi connectivity index (χ0n) is 32.7. The van der Waals surface area contributed by atoms with E-state index in [0.717, 1.165) is 11.3 Å². The van der Waals surface area contributed by atoms with E-state index >= 15 is 0 Å². The molecule has 0 saturated carbocycles. The van der Waals surface area contributed by atoms with E-state index < -0.39 is 77.3 Å². The molecule has 2 aliphatic rings. The summed E-state index contributed by atoms with van der Waals surface area (Å²) in [6, 6.07) is 9.42. The van der Waals surface area contributed by atoms with Crippen LogP contribution in [0.3, 0.4) is 0 Å². The number of carbonyl (C=O) groups is 2. The number of nitrogens with zero attached hydrogens (tertiary/aromatic N) is 3. The van der Waals surface area contributed by atoms with Gasteiger partial charge in [-0.15, -0.1) is 0 Å². The average Bonchev–Trinajstić information content (AvgIpc) is 3.10. The van der Waals surface area contributed by atoms with Gasteiger partial charge in [0.05, 0.1) is 29.6 Å². The Balaban J connectivity index is 2.23. The molecular formula is C39H63N3O9. The molecule has 2 heterocycles. The van der Waals surface area contributed by atoms with Crippen molar-refractivity contribution < 1.29 is 43.9 Å². The number of hydrogen-bond acceptors (Lipinski definition) is 12. The molecule has 0 aliphatic carbocycles. The van der Waals surface area contributed by atoms with Gasteiger partial charge < -0.3 is 39.2 Å². The summed E-state index contributed by atoms with van der Waals surface area (Å²) >= 11 is 0. The van der Waals surface area contributed by atoms with Gasteiger partial charge in [-0.1, -0.05) is 65.0 Å². The van der Waals surface area contributed by atoms with E-state index in [1.165, 1.54) is 21.0 Å². The second-order valence-electron chi connectivity index (χ2n) is 15.2. The number of ketones is 1. The largest absolute Gasteiger partial charge is 0.459 e. The maximum Gasteiger partial charge on any atom is 0.316 e. The Kier molecular flexibility index (Phi) is 15.1. The van der Waals surface area contributed by atoms with Crippen LogP contribution in [0.15, 0.2) is 40.5 Å². The lowest BCUT2D eigenvalue weighted by Gasteiger charge is -2.47. The van der Waals surface area contributed by atoms with E-state index in [1.807, 2.05) is 77.0 Å². The van der Waals surface area contributed by atoms with Crippen molar-refractivity contribution in [1.82, 2.24) is 4.90 Å². The molecule has 2 saturated heterocycles. The molecule has 0 aromatic heterocycles. The number of esters is 1. The summed E-state index contributed by atoms with van der Waals surface area (Å²) < 4.78 is 24.8. The van der Waals surface area contributed by atoms with E-state index in [1.54, 1.807) is 20.8 Å². The molecule has 0 spiro atoms. The molecule has 2 fully saturated rings. The second kappa shape index (κ2) is 18.0. The van der Waals surface area contributed by atoms with E-state index in [4.69, 9.17) is 24.0 Å². The minimum absolute atomic E-state index is 0.183. The van der Waals surface area contributed by atoms with Crippen molar-refractivity contribution >= 4 is 23.2 Å². The number of carbonyl (C=O) groups excluding carboxylic acids is 2. The third-order valence-corrected chi connectivity index (χ3v) is 11.1. The van der Waals surface area contributed by atoms with Gasteiger partial charge in [0.1, 0.15) is 23.7 Å². The van der Waals surface area contributed by atoms with Crippen molar-refractivity contribution in [2.24, 2.45) is 33.9 Å². The highest BCUT2D eigenvalue weighted by Crippen LogP contribution is 2.38. The van der Waals surface area contributed by atoms with Crippen LogP contribution in [0.5, 0.6) is 0 Å². The summed E-state index contributed by atoms with van der Waals surface area (Å²) in [7, 11) is 5.29. The number of likely N-dealkylation sites (N-methyl/N-ethyl adjacent to an activating group) is 1. The molecule has 12 heteroatoms. The number of Topliss-reactive ketones (excluding diaryl/α,β-unsaturated/α-hetero) is 1. The first-order valence-electron chi connectivity index (χ1n) is 18.4. The molecule has 0 amide bonds. The third-order valence-electron chi connectivity index (χ3n) is 11.1. The number of benzene rings is 1. The third kappa shape index (κ3) is 9.70. The fourth-order valence-corrected chi connectivity index (χ4v) is 7.71. The fourth-order valence-electron chi connectivity index (χ4n) is 7.71. The number of ether oxygens (including phenoxy) is 4. The molecular weight excluding hydrogens is 654 g/mol. The minimum atomic E-state index is -1.90. The fraction of sp³-hybridized carbons (Fsp3) is 0.744. The summed E-state index contributed by atoms with van der Waals surface area (Å²) in [4.78, 5) is 29.7. The topological polar surface area (TPSA) is 160 Å². The van der Waals surface area contributed by atoms with Crippen LogP contribution in [0, 0.1) is 23.7 Å². The number of methoxy groups -OCH3 is 1. The molecule has 1 aromatic carbocycles. The van der Waals surface area contributed by atoms with Crippen LogP contribution in [0.1, 0.15) is 93.6 Å². The Hall–Kier alpha value is -2.58. The molecule has 0 radical (unpaired) electrons. The number of aliphatic hydroxyl groups is 3.